The third-order valence-corrected chi connectivity index (χ3v) is 4.77. The first-order valence-corrected chi connectivity index (χ1v) is 8.03. The van der Waals surface area contributed by atoms with Crippen LogP contribution >= 0.6 is 0 Å². The summed E-state index contributed by atoms with van der Waals surface area (Å²) in [5, 5.41) is 38.3. The minimum absolute atomic E-state index is 0.0762. The molecule has 0 aromatic rings. The summed E-state index contributed by atoms with van der Waals surface area (Å²) in [7, 11) is -0.506. The third-order valence-electron chi connectivity index (χ3n) is 4.77. The summed E-state index contributed by atoms with van der Waals surface area (Å²) in [5.74, 6) is 1.69. The largest absolute Gasteiger partial charge is 0.486 e. The predicted octanol–water partition coefficient (Wildman–Crippen LogP) is -1.01. The SMILES string of the molecule is CC1(C)OB(/C=C/COC2O[C@H](CO)[C@@H](O)[C@H](O)[C@H]2O)OC1(C)C. The molecule has 2 aliphatic rings. The molecule has 0 amide bonds. The highest BCUT2D eigenvalue weighted by atomic mass is 16.7. The first-order chi connectivity index (χ1) is 11.1. The summed E-state index contributed by atoms with van der Waals surface area (Å²) < 4.78 is 22.2. The highest BCUT2D eigenvalue weighted by molar-refractivity contribution is 6.51. The van der Waals surface area contributed by atoms with E-state index in [1.54, 1.807) is 12.1 Å². The quantitative estimate of drug-likeness (QED) is 0.468. The Labute approximate surface area is 142 Å². The van der Waals surface area contributed by atoms with Crippen molar-refractivity contribution in [1.82, 2.24) is 0 Å². The van der Waals surface area contributed by atoms with Crippen LogP contribution < -0.4 is 0 Å². The lowest BCUT2D eigenvalue weighted by molar-refractivity contribution is -0.298. The van der Waals surface area contributed by atoms with Gasteiger partial charge >= 0.3 is 7.12 Å². The zero-order chi connectivity index (χ0) is 18.1. The molecule has 5 atom stereocenters. The molecule has 138 valence electrons. The van der Waals surface area contributed by atoms with E-state index in [1.165, 1.54) is 0 Å². The summed E-state index contributed by atoms with van der Waals surface area (Å²) >= 11 is 0. The van der Waals surface area contributed by atoms with Crippen molar-refractivity contribution in [3.8, 4) is 0 Å². The highest BCUT2D eigenvalue weighted by Gasteiger charge is 2.50. The molecule has 0 radical (unpaired) electrons. The number of hydrogen-bond acceptors (Lipinski definition) is 8. The van der Waals surface area contributed by atoms with E-state index in [1.807, 2.05) is 27.7 Å². The number of aliphatic hydroxyl groups is 4. The predicted molar refractivity (Wildman–Crippen MR) is 84.9 cm³/mol. The minimum atomic E-state index is -1.45. The summed E-state index contributed by atoms with van der Waals surface area (Å²) in [6.07, 6.45) is -4.74. The van der Waals surface area contributed by atoms with Gasteiger partial charge in [0, 0.05) is 0 Å². The second-order valence-corrected chi connectivity index (χ2v) is 7.08. The molecule has 2 aliphatic heterocycles. The van der Waals surface area contributed by atoms with Gasteiger partial charge in [-0.15, -0.1) is 0 Å². The molecule has 2 heterocycles. The van der Waals surface area contributed by atoms with E-state index in [0.29, 0.717) is 0 Å². The van der Waals surface area contributed by atoms with Crippen LogP contribution in [0.4, 0.5) is 0 Å². The maximum absolute atomic E-state index is 9.85. The molecule has 0 spiro atoms. The van der Waals surface area contributed by atoms with Crippen molar-refractivity contribution < 1.29 is 39.2 Å². The first-order valence-electron chi connectivity index (χ1n) is 8.03. The van der Waals surface area contributed by atoms with Crippen molar-refractivity contribution in [3.05, 3.63) is 12.1 Å². The number of hydrogen-bond donors (Lipinski definition) is 4. The van der Waals surface area contributed by atoms with Crippen LogP contribution in [-0.4, -0.2) is 82.7 Å². The fourth-order valence-electron chi connectivity index (χ4n) is 2.49. The monoisotopic (exact) mass is 346 g/mol. The Morgan fingerprint density at radius 3 is 2.12 bits per heavy atom. The van der Waals surface area contributed by atoms with Crippen molar-refractivity contribution in [3.63, 3.8) is 0 Å². The standard InChI is InChI=1S/C15H27BO8/c1-14(2)15(3,4)24-16(23-14)6-5-7-21-13-12(20)11(19)10(18)9(8-17)22-13/h5-6,9-13,17-20H,7-8H2,1-4H3/b6-5+/t9-,10-,11+,12-,13?/m1/s1. The van der Waals surface area contributed by atoms with Crippen LogP contribution in [0.5, 0.6) is 0 Å². The average Bonchev–Trinajstić information content (AvgIpc) is 2.70. The van der Waals surface area contributed by atoms with Crippen molar-refractivity contribution in [2.45, 2.75) is 69.6 Å². The lowest BCUT2D eigenvalue weighted by Gasteiger charge is -2.39. The van der Waals surface area contributed by atoms with Crippen LogP contribution in [0.3, 0.4) is 0 Å². The zero-order valence-electron chi connectivity index (χ0n) is 14.5. The number of ether oxygens (including phenoxy) is 2. The second-order valence-electron chi connectivity index (χ2n) is 7.08. The molecule has 0 aromatic heterocycles. The lowest BCUT2D eigenvalue weighted by Crippen LogP contribution is -2.59. The average molecular weight is 346 g/mol. The summed E-state index contributed by atoms with van der Waals surface area (Å²) in [4.78, 5) is 0. The number of rotatable bonds is 5. The summed E-state index contributed by atoms with van der Waals surface area (Å²) in [5.41, 5.74) is -0.861. The second kappa shape index (κ2) is 7.39. The zero-order valence-corrected chi connectivity index (χ0v) is 14.5. The Morgan fingerprint density at radius 2 is 1.58 bits per heavy atom. The van der Waals surface area contributed by atoms with Gasteiger partial charge in [-0.3, -0.25) is 0 Å². The normalized spacial score (nSPS) is 38.8. The van der Waals surface area contributed by atoms with Crippen LogP contribution in [0.15, 0.2) is 12.1 Å². The molecule has 0 aromatic carbocycles. The molecule has 0 saturated carbocycles. The molecular formula is C15H27BO8. The van der Waals surface area contributed by atoms with Crippen molar-refractivity contribution in [2.75, 3.05) is 13.2 Å². The molecule has 8 nitrogen and oxygen atoms in total. The van der Waals surface area contributed by atoms with Gasteiger partial charge in [0.05, 0.1) is 24.4 Å². The van der Waals surface area contributed by atoms with Crippen LogP contribution in [0.1, 0.15) is 27.7 Å². The third kappa shape index (κ3) is 4.00. The van der Waals surface area contributed by atoms with Gasteiger partial charge in [0.1, 0.15) is 24.4 Å². The molecule has 1 unspecified atom stereocenters. The fraction of sp³-hybridized carbons (Fsp3) is 0.867. The van der Waals surface area contributed by atoms with Gasteiger partial charge in [-0.05, 0) is 27.7 Å². The molecular weight excluding hydrogens is 319 g/mol. The van der Waals surface area contributed by atoms with Crippen LogP contribution in [0.25, 0.3) is 0 Å². The topological polar surface area (TPSA) is 118 Å². The minimum Gasteiger partial charge on any atom is -0.400 e. The molecule has 4 N–H and O–H groups in total. The van der Waals surface area contributed by atoms with E-state index >= 15 is 0 Å². The number of aliphatic hydroxyl groups excluding tert-OH is 4. The maximum atomic E-state index is 9.85. The van der Waals surface area contributed by atoms with Crippen LogP contribution in [0.2, 0.25) is 0 Å². The molecule has 2 saturated heterocycles. The van der Waals surface area contributed by atoms with Gasteiger partial charge in [0.15, 0.2) is 6.29 Å². The van der Waals surface area contributed by atoms with E-state index in [2.05, 4.69) is 0 Å². The Bertz CT molecular complexity index is 437. The van der Waals surface area contributed by atoms with E-state index in [9.17, 15) is 15.3 Å². The van der Waals surface area contributed by atoms with E-state index < -0.39 is 55.6 Å². The molecule has 24 heavy (non-hydrogen) atoms. The van der Waals surface area contributed by atoms with Gasteiger partial charge in [-0.1, -0.05) is 12.1 Å². The van der Waals surface area contributed by atoms with E-state index in [4.69, 9.17) is 23.9 Å². The van der Waals surface area contributed by atoms with Crippen LogP contribution in [0, 0.1) is 0 Å². The van der Waals surface area contributed by atoms with E-state index in [0.717, 1.165) is 0 Å². The molecule has 0 bridgehead atoms. The molecule has 2 fully saturated rings. The van der Waals surface area contributed by atoms with Crippen molar-refractivity contribution in [1.29, 1.82) is 0 Å². The maximum Gasteiger partial charge on any atom is 0.486 e. The summed E-state index contributed by atoms with van der Waals surface area (Å²) in [6, 6.07) is 0. The Balaban J connectivity index is 1.84. The Morgan fingerprint density at radius 1 is 1.00 bits per heavy atom. The first kappa shape index (κ1) is 19.8. The van der Waals surface area contributed by atoms with Crippen molar-refractivity contribution >= 4 is 7.12 Å². The van der Waals surface area contributed by atoms with E-state index in [-0.39, 0.29) is 6.61 Å². The van der Waals surface area contributed by atoms with Gasteiger partial charge in [0.2, 0.25) is 0 Å². The Hall–Kier alpha value is -0.515. The molecule has 0 aliphatic carbocycles. The van der Waals surface area contributed by atoms with Gasteiger partial charge in [-0.2, -0.15) is 0 Å². The van der Waals surface area contributed by atoms with Gasteiger partial charge in [0.25, 0.3) is 0 Å². The molecule has 2 rings (SSSR count). The molecule has 9 heteroatoms. The van der Waals surface area contributed by atoms with Crippen molar-refractivity contribution in [2.24, 2.45) is 0 Å². The lowest BCUT2D eigenvalue weighted by atomic mass is 9.90. The highest BCUT2D eigenvalue weighted by Crippen LogP contribution is 2.36. The van der Waals surface area contributed by atoms with Gasteiger partial charge in [-0.25, -0.2) is 0 Å². The summed E-state index contributed by atoms with van der Waals surface area (Å²) in [6.45, 7) is 7.38. The Kier molecular flexibility index (Phi) is 6.10. The van der Waals surface area contributed by atoms with Crippen LogP contribution in [-0.2, 0) is 18.8 Å². The smallest absolute Gasteiger partial charge is 0.400 e. The fourth-order valence-corrected chi connectivity index (χ4v) is 2.49. The van der Waals surface area contributed by atoms with Gasteiger partial charge < -0.3 is 39.2 Å².